The fourth-order valence-electron chi connectivity index (χ4n) is 3.09. The van der Waals surface area contributed by atoms with Crippen LogP contribution in [0.15, 0.2) is 18.3 Å². The van der Waals surface area contributed by atoms with E-state index < -0.39 is 5.97 Å². The quantitative estimate of drug-likeness (QED) is 0.783. The molecule has 0 aromatic carbocycles. The van der Waals surface area contributed by atoms with E-state index in [2.05, 4.69) is 14.6 Å². The molecule has 1 aliphatic heterocycles. The lowest BCUT2D eigenvalue weighted by Gasteiger charge is -2.59. The second-order valence-electron chi connectivity index (χ2n) is 5.42. The van der Waals surface area contributed by atoms with E-state index in [0.717, 1.165) is 31.6 Å². The first-order valence-electron chi connectivity index (χ1n) is 6.17. The maximum absolute atomic E-state index is 11.4. The molecular weight excluding hydrogens is 230 g/mol. The zero-order valence-electron chi connectivity index (χ0n) is 10.4. The van der Waals surface area contributed by atoms with Crippen LogP contribution in [0.1, 0.15) is 23.3 Å². The van der Waals surface area contributed by atoms with Crippen molar-refractivity contribution in [1.82, 2.24) is 4.98 Å². The van der Waals surface area contributed by atoms with Crippen LogP contribution < -0.4 is 10.6 Å². The fourth-order valence-corrected chi connectivity index (χ4v) is 3.09. The lowest BCUT2D eigenvalue weighted by Crippen LogP contribution is -2.65. The first-order valence-corrected chi connectivity index (χ1v) is 6.17. The molecule has 1 saturated carbocycles. The van der Waals surface area contributed by atoms with Gasteiger partial charge in [-0.3, -0.25) is 0 Å². The largest absolute Gasteiger partial charge is 0.464 e. The van der Waals surface area contributed by atoms with Crippen LogP contribution in [-0.4, -0.2) is 37.2 Å². The van der Waals surface area contributed by atoms with Crippen molar-refractivity contribution in [2.24, 2.45) is 11.1 Å². The molecule has 1 spiro atoms. The number of esters is 1. The van der Waals surface area contributed by atoms with Gasteiger partial charge < -0.3 is 15.4 Å². The van der Waals surface area contributed by atoms with Gasteiger partial charge in [0.25, 0.3) is 0 Å². The molecule has 96 valence electrons. The highest BCUT2D eigenvalue weighted by Gasteiger charge is 2.51. The zero-order chi connectivity index (χ0) is 12.8. The van der Waals surface area contributed by atoms with Gasteiger partial charge in [0.15, 0.2) is 0 Å². The van der Waals surface area contributed by atoms with Gasteiger partial charge >= 0.3 is 5.97 Å². The van der Waals surface area contributed by atoms with Gasteiger partial charge in [0.2, 0.25) is 0 Å². The van der Waals surface area contributed by atoms with E-state index >= 15 is 0 Å². The van der Waals surface area contributed by atoms with E-state index in [4.69, 9.17) is 5.73 Å². The Morgan fingerprint density at radius 1 is 1.56 bits per heavy atom. The molecule has 2 fully saturated rings. The SMILES string of the molecule is COC(=O)c1cc(N2CC3(CC(N)C3)C2)ccn1. The number of nitrogens with zero attached hydrogens (tertiary/aromatic N) is 2. The number of hydrogen-bond donors (Lipinski definition) is 1. The Morgan fingerprint density at radius 2 is 2.28 bits per heavy atom. The topological polar surface area (TPSA) is 68.5 Å². The van der Waals surface area contributed by atoms with Gasteiger partial charge in [0.05, 0.1) is 7.11 Å². The van der Waals surface area contributed by atoms with Gasteiger partial charge in [-0.1, -0.05) is 0 Å². The summed E-state index contributed by atoms with van der Waals surface area (Å²) in [6.07, 6.45) is 3.90. The smallest absolute Gasteiger partial charge is 0.356 e. The summed E-state index contributed by atoms with van der Waals surface area (Å²) >= 11 is 0. The number of hydrogen-bond acceptors (Lipinski definition) is 5. The summed E-state index contributed by atoms with van der Waals surface area (Å²) in [5.74, 6) is -0.391. The van der Waals surface area contributed by atoms with Crippen molar-refractivity contribution >= 4 is 11.7 Å². The van der Waals surface area contributed by atoms with Gasteiger partial charge in [-0.05, 0) is 25.0 Å². The molecule has 1 aromatic rings. The second-order valence-corrected chi connectivity index (χ2v) is 5.42. The minimum atomic E-state index is -0.391. The molecule has 2 aliphatic rings. The van der Waals surface area contributed by atoms with Crippen LogP contribution in [0.5, 0.6) is 0 Å². The lowest BCUT2D eigenvalue weighted by atomic mass is 9.61. The van der Waals surface area contributed by atoms with E-state index in [9.17, 15) is 4.79 Å². The van der Waals surface area contributed by atoms with Crippen molar-refractivity contribution in [3.63, 3.8) is 0 Å². The maximum Gasteiger partial charge on any atom is 0.356 e. The highest BCUT2D eigenvalue weighted by atomic mass is 16.5. The minimum absolute atomic E-state index is 0.362. The Balaban J connectivity index is 1.69. The second kappa shape index (κ2) is 3.95. The van der Waals surface area contributed by atoms with Crippen LogP contribution in [0, 0.1) is 5.41 Å². The predicted octanol–water partition coefficient (Wildman–Crippen LogP) is 0.796. The van der Waals surface area contributed by atoms with E-state index in [1.807, 2.05) is 6.07 Å². The summed E-state index contributed by atoms with van der Waals surface area (Å²) in [6.45, 7) is 2.07. The molecule has 1 saturated heterocycles. The number of nitrogens with two attached hydrogens (primary N) is 1. The van der Waals surface area contributed by atoms with E-state index in [-0.39, 0.29) is 0 Å². The maximum atomic E-state index is 11.4. The van der Waals surface area contributed by atoms with Crippen LogP contribution >= 0.6 is 0 Å². The minimum Gasteiger partial charge on any atom is -0.464 e. The Hall–Kier alpha value is -1.62. The number of methoxy groups -OCH3 is 1. The van der Waals surface area contributed by atoms with Gasteiger partial charge in [0, 0.05) is 36.4 Å². The predicted molar refractivity (Wildman–Crippen MR) is 67.4 cm³/mol. The summed E-state index contributed by atoms with van der Waals surface area (Å²) in [5, 5.41) is 0. The molecule has 0 radical (unpaired) electrons. The van der Waals surface area contributed by atoms with Crippen LogP contribution in [0.3, 0.4) is 0 Å². The first kappa shape index (κ1) is 11.5. The van der Waals surface area contributed by atoms with Crippen molar-refractivity contribution < 1.29 is 9.53 Å². The molecule has 0 atom stereocenters. The molecule has 5 heteroatoms. The Bertz CT molecular complexity index is 475. The molecule has 0 amide bonds. The molecule has 1 aromatic heterocycles. The molecule has 2 N–H and O–H groups in total. The first-order chi connectivity index (χ1) is 8.62. The van der Waals surface area contributed by atoms with Crippen molar-refractivity contribution in [3.05, 3.63) is 24.0 Å². The fraction of sp³-hybridized carbons (Fsp3) is 0.538. The van der Waals surface area contributed by atoms with Gasteiger partial charge in [0.1, 0.15) is 5.69 Å². The average Bonchev–Trinajstić information content (AvgIpc) is 2.31. The van der Waals surface area contributed by atoms with Gasteiger partial charge in [-0.15, -0.1) is 0 Å². The van der Waals surface area contributed by atoms with Gasteiger partial charge in [-0.25, -0.2) is 9.78 Å². The van der Waals surface area contributed by atoms with Crippen molar-refractivity contribution in [2.75, 3.05) is 25.1 Å². The number of carbonyl (C=O) groups is 1. The Labute approximate surface area is 106 Å². The number of rotatable bonds is 2. The van der Waals surface area contributed by atoms with Crippen molar-refractivity contribution in [1.29, 1.82) is 0 Å². The molecule has 18 heavy (non-hydrogen) atoms. The number of anilines is 1. The third-order valence-electron chi connectivity index (χ3n) is 3.95. The van der Waals surface area contributed by atoms with Crippen molar-refractivity contribution in [3.8, 4) is 0 Å². The lowest BCUT2D eigenvalue weighted by molar-refractivity contribution is 0.0593. The Morgan fingerprint density at radius 3 is 2.89 bits per heavy atom. The highest BCUT2D eigenvalue weighted by Crippen LogP contribution is 2.48. The van der Waals surface area contributed by atoms with Crippen LogP contribution in [0.2, 0.25) is 0 Å². The summed E-state index contributed by atoms with van der Waals surface area (Å²) in [5.41, 5.74) is 7.68. The standard InChI is InChI=1S/C13H17N3O2/c1-18-12(17)11-4-10(2-3-15-11)16-7-13(8-16)5-9(14)6-13/h2-4,9H,5-8,14H2,1H3. The molecule has 0 unspecified atom stereocenters. The van der Waals surface area contributed by atoms with E-state index in [1.165, 1.54) is 7.11 Å². The zero-order valence-corrected chi connectivity index (χ0v) is 10.4. The number of carbonyl (C=O) groups excluding carboxylic acids is 1. The summed E-state index contributed by atoms with van der Waals surface area (Å²) in [4.78, 5) is 17.7. The summed E-state index contributed by atoms with van der Waals surface area (Å²) in [6, 6.07) is 4.10. The molecular formula is C13H17N3O2. The summed E-state index contributed by atoms with van der Waals surface area (Å²) in [7, 11) is 1.37. The van der Waals surface area contributed by atoms with Crippen LogP contribution in [0.4, 0.5) is 5.69 Å². The average molecular weight is 247 g/mol. The third kappa shape index (κ3) is 1.75. The third-order valence-corrected chi connectivity index (χ3v) is 3.95. The molecule has 5 nitrogen and oxygen atoms in total. The molecule has 0 bridgehead atoms. The van der Waals surface area contributed by atoms with Gasteiger partial charge in [-0.2, -0.15) is 0 Å². The van der Waals surface area contributed by atoms with Crippen LogP contribution in [0.25, 0.3) is 0 Å². The highest BCUT2D eigenvalue weighted by molar-refractivity contribution is 5.88. The number of aromatic nitrogens is 1. The summed E-state index contributed by atoms with van der Waals surface area (Å²) < 4.78 is 4.67. The molecule has 1 aliphatic carbocycles. The van der Waals surface area contributed by atoms with E-state index in [0.29, 0.717) is 17.2 Å². The molecule has 2 heterocycles. The van der Waals surface area contributed by atoms with Crippen molar-refractivity contribution in [2.45, 2.75) is 18.9 Å². The Kier molecular flexibility index (Phi) is 2.52. The number of ether oxygens (including phenoxy) is 1. The number of pyridine rings is 1. The van der Waals surface area contributed by atoms with Crippen LogP contribution in [-0.2, 0) is 4.74 Å². The monoisotopic (exact) mass is 247 g/mol. The van der Waals surface area contributed by atoms with E-state index in [1.54, 1.807) is 12.3 Å². The normalized spacial score (nSPS) is 21.3. The molecule has 3 rings (SSSR count).